The van der Waals surface area contributed by atoms with Crippen molar-refractivity contribution in [3.8, 4) is 0 Å². The summed E-state index contributed by atoms with van der Waals surface area (Å²) in [5, 5.41) is 0. The number of nitrogens with zero attached hydrogens (tertiary/aromatic N) is 1. The second-order valence-corrected chi connectivity index (χ2v) is 5.86. The number of amides is 1. The van der Waals surface area contributed by atoms with E-state index >= 15 is 0 Å². The number of hydrogen-bond acceptors (Lipinski definition) is 2. The van der Waals surface area contributed by atoms with Gasteiger partial charge in [-0.25, -0.2) is 0 Å². The van der Waals surface area contributed by atoms with Gasteiger partial charge in [0.25, 0.3) is 5.91 Å². The number of carbonyl (C=O) groups is 1. The van der Waals surface area contributed by atoms with Crippen molar-refractivity contribution in [1.29, 1.82) is 0 Å². The fourth-order valence-electron chi connectivity index (χ4n) is 2.49. The molecule has 1 aromatic carbocycles. The average molecular weight is 311 g/mol. The molecule has 1 aliphatic heterocycles. The molecule has 2 rings (SSSR count). The molecule has 1 fully saturated rings. The Morgan fingerprint density at radius 3 is 2.89 bits per heavy atom. The van der Waals surface area contributed by atoms with Crippen molar-refractivity contribution in [3.63, 3.8) is 0 Å². The van der Waals surface area contributed by atoms with Crippen LogP contribution in [0.3, 0.4) is 0 Å². The van der Waals surface area contributed by atoms with Crippen molar-refractivity contribution in [1.82, 2.24) is 4.90 Å². The SMILES string of the molecule is CC1CCCN(C(=O)c2cccc(N)c2Br)C1C. The monoisotopic (exact) mass is 310 g/mol. The van der Waals surface area contributed by atoms with Gasteiger partial charge in [-0.2, -0.15) is 0 Å². The van der Waals surface area contributed by atoms with E-state index in [0.29, 0.717) is 27.7 Å². The van der Waals surface area contributed by atoms with E-state index in [9.17, 15) is 4.79 Å². The van der Waals surface area contributed by atoms with Crippen LogP contribution in [0.25, 0.3) is 0 Å². The highest BCUT2D eigenvalue weighted by Gasteiger charge is 2.29. The van der Waals surface area contributed by atoms with E-state index in [0.717, 1.165) is 13.0 Å². The molecule has 0 aromatic heterocycles. The summed E-state index contributed by atoms with van der Waals surface area (Å²) in [6, 6.07) is 5.74. The molecule has 0 bridgehead atoms. The number of anilines is 1. The maximum atomic E-state index is 12.6. The van der Waals surface area contributed by atoms with E-state index < -0.39 is 0 Å². The molecule has 0 spiro atoms. The van der Waals surface area contributed by atoms with Crippen LogP contribution in [0.2, 0.25) is 0 Å². The summed E-state index contributed by atoms with van der Waals surface area (Å²) in [7, 11) is 0. The number of rotatable bonds is 1. The third-order valence-corrected chi connectivity index (χ3v) is 4.78. The molecule has 0 radical (unpaired) electrons. The number of halogens is 1. The summed E-state index contributed by atoms with van der Waals surface area (Å²) in [5.74, 6) is 0.635. The zero-order chi connectivity index (χ0) is 13.3. The van der Waals surface area contributed by atoms with E-state index in [1.54, 1.807) is 6.07 Å². The minimum absolute atomic E-state index is 0.0771. The molecule has 18 heavy (non-hydrogen) atoms. The second-order valence-electron chi connectivity index (χ2n) is 5.07. The molecule has 1 saturated heterocycles. The first-order valence-electron chi connectivity index (χ1n) is 6.37. The van der Waals surface area contributed by atoms with Gasteiger partial charge in [0, 0.05) is 18.3 Å². The molecule has 0 aliphatic carbocycles. The summed E-state index contributed by atoms with van der Waals surface area (Å²) < 4.78 is 0.709. The topological polar surface area (TPSA) is 46.3 Å². The molecule has 4 heteroatoms. The van der Waals surface area contributed by atoms with E-state index in [-0.39, 0.29) is 5.91 Å². The highest BCUT2D eigenvalue weighted by molar-refractivity contribution is 9.10. The Hall–Kier alpha value is -1.03. The lowest BCUT2D eigenvalue weighted by molar-refractivity contribution is 0.0550. The number of hydrogen-bond donors (Lipinski definition) is 1. The molecular formula is C14H19BrN2O. The van der Waals surface area contributed by atoms with Crippen molar-refractivity contribution >= 4 is 27.5 Å². The quantitative estimate of drug-likeness (QED) is 0.809. The number of likely N-dealkylation sites (tertiary alicyclic amines) is 1. The van der Waals surface area contributed by atoms with Gasteiger partial charge in [-0.1, -0.05) is 13.0 Å². The largest absolute Gasteiger partial charge is 0.398 e. The average Bonchev–Trinajstić information content (AvgIpc) is 2.35. The second kappa shape index (κ2) is 5.31. The fourth-order valence-corrected chi connectivity index (χ4v) is 2.93. The van der Waals surface area contributed by atoms with Gasteiger partial charge in [0.1, 0.15) is 0 Å². The Bertz CT molecular complexity index is 461. The van der Waals surface area contributed by atoms with E-state index in [1.165, 1.54) is 6.42 Å². The van der Waals surface area contributed by atoms with Crippen LogP contribution in [-0.4, -0.2) is 23.4 Å². The molecule has 1 aliphatic rings. The van der Waals surface area contributed by atoms with Gasteiger partial charge in [-0.3, -0.25) is 4.79 Å². The van der Waals surface area contributed by atoms with Crippen molar-refractivity contribution in [3.05, 3.63) is 28.2 Å². The van der Waals surface area contributed by atoms with E-state index in [4.69, 9.17) is 5.73 Å². The normalized spacial score (nSPS) is 24.1. The number of piperidine rings is 1. The van der Waals surface area contributed by atoms with Gasteiger partial charge in [0.05, 0.1) is 10.0 Å². The minimum atomic E-state index is 0.0771. The van der Waals surface area contributed by atoms with Gasteiger partial charge >= 0.3 is 0 Å². The minimum Gasteiger partial charge on any atom is -0.398 e. The van der Waals surface area contributed by atoms with Crippen LogP contribution in [-0.2, 0) is 0 Å². The smallest absolute Gasteiger partial charge is 0.255 e. The molecule has 1 heterocycles. The Morgan fingerprint density at radius 1 is 1.44 bits per heavy atom. The van der Waals surface area contributed by atoms with Gasteiger partial charge in [-0.15, -0.1) is 0 Å². The Morgan fingerprint density at radius 2 is 2.17 bits per heavy atom. The van der Waals surface area contributed by atoms with Crippen molar-refractivity contribution in [2.45, 2.75) is 32.7 Å². The van der Waals surface area contributed by atoms with Gasteiger partial charge in [0.15, 0.2) is 0 Å². The molecule has 98 valence electrons. The van der Waals surface area contributed by atoms with Crippen LogP contribution in [0.5, 0.6) is 0 Å². The highest BCUT2D eigenvalue weighted by Crippen LogP contribution is 2.29. The molecule has 2 atom stereocenters. The molecule has 1 aromatic rings. The predicted molar refractivity (Wildman–Crippen MR) is 77.5 cm³/mol. The van der Waals surface area contributed by atoms with Crippen molar-refractivity contribution < 1.29 is 4.79 Å². The zero-order valence-corrected chi connectivity index (χ0v) is 12.4. The van der Waals surface area contributed by atoms with Crippen LogP contribution in [0, 0.1) is 5.92 Å². The molecule has 2 N–H and O–H groups in total. The van der Waals surface area contributed by atoms with Crippen LogP contribution < -0.4 is 5.73 Å². The first-order valence-corrected chi connectivity index (χ1v) is 7.16. The third kappa shape index (κ3) is 2.39. The lowest BCUT2D eigenvalue weighted by Gasteiger charge is -2.38. The standard InChI is InChI=1S/C14H19BrN2O/c1-9-5-4-8-17(10(9)2)14(18)11-6-3-7-12(16)13(11)15/h3,6-7,9-10H,4-5,8,16H2,1-2H3. The summed E-state index contributed by atoms with van der Waals surface area (Å²) >= 11 is 3.41. The van der Waals surface area contributed by atoms with Crippen molar-refractivity contribution in [2.24, 2.45) is 5.92 Å². The molecule has 0 saturated carbocycles. The third-order valence-electron chi connectivity index (χ3n) is 3.89. The predicted octanol–water partition coefficient (Wildman–Crippen LogP) is 3.29. The van der Waals surface area contributed by atoms with E-state index in [2.05, 4.69) is 29.8 Å². The van der Waals surface area contributed by atoms with Gasteiger partial charge in [-0.05, 0) is 53.7 Å². The van der Waals surface area contributed by atoms with Crippen molar-refractivity contribution in [2.75, 3.05) is 12.3 Å². The first-order chi connectivity index (χ1) is 8.52. The summed E-state index contributed by atoms with van der Waals surface area (Å²) in [4.78, 5) is 14.5. The van der Waals surface area contributed by atoms with Crippen LogP contribution in [0.15, 0.2) is 22.7 Å². The number of nitrogens with two attached hydrogens (primary N) is 1. The zero-order valence-electron chi connectivity index (χ0n) is 10.8. The number of carbonyl (C=O) groups excluding carboxylic acids is 1. The maximum Gasteiger partial charge on any atom is 0.255 e. The van der Waals surface area contributed by atoms with E-state index in [1.807, 2.05) is 17.0 Å². The highest BCUT2D eigenvalue weighted by atomic mass is 79.9. The van der Waals surface area contributed by atoms with Gasteiger partial charge in [0.2, 0.25) is 0 Å². The number of benzene rings is 1. The Labute approximate surface area is 116 Å². The fraction of sp³-hybridized carbons (Fsp3) is 0.500. The number of nitrogen functional groups attached to an aromatic ring is 1. The molecular weight excluding hydrogens is 292 g/mol. The van der Waals surface area contributed by atoms with Gasteiger partial charge < -0.3 is 10.6 Å². The summed E-state index contributed by atoms with van der Waals surface area (Å²) in [6.45, 7) is 5.17. The Kier molecular flexibility index (Phi) is 3.95. The lowest BCUT2D eigenvalue weighted by Crippen LogP contribution is -2.46. The molecule has 3 nitrogen and oxygen atoms in total. The van der Waals surface area contributed by atoms with Crippen LogP contribution in [0.1, 0.15) is 37.0 Å². The Balaban J connectivity index is 2.28. The molecule has 2 unspecified atom stereocenters. The lowest BCUT2D eigenvalue weighted by atomic mass is 9.91. The maximum absolute atomic E-state index is 12.6. The summed E-state index contributed by atoms with van der Waals surface area (Å²) in [6.07, 6.45) is 2.28. The summed E-state index contributed by atoms with van der Waals surface area (Å²) in [5.41, 5.74) is 7.11. The van der Waals surface area contributed by atoms with Crippen LogP contribution >= 0.6 is 15.9 Å². The first kappa shape index (κ1) is 13.4. The van der Waals surface area contributed by atoms with Crippen LogP contribution in [0.4, 0.5) is 5.69 Å². The molecule has 1 amide bonds.